The van der Waals surface area contributed by atoms with Crippen molar-refractivity contribution in [3.63, 3.8) is 0 Å². The summed E-state index contributed by atoms with van der Waals surface area (Å²) in [6.45, 7) is 16.0. The van der Waals surface area contributed by atoms with Gasteiger partial charge in [-0.15, -0.1) is 0 Å². The first-order valence-electron chi connectivity index (χ1n) is 14.1. The molecule has 9 heteroatoms. The van der Waals surface area contributed by atoms with Crippen molar-refractivity contribution >= 4 is 35.0 Å². The molecule has 0 saturated carbocycles. The molecule has 0 aliphatic heterocycles. The molecule has 0 fully saturated rings. The highest BCUT2D eigenvalue weighted by Crippen LogP contribution is 2.30. The summed E-state index contributed by atoms with van der Waals surface area (Å²) in [6.07, 6.45) is 0.520. The molecular formula is C31H48N4O5. The highest BCUT2D eigenvalue weighted by Gasteiger charge is 2.17. The molecule has 0 spiro atoms. The Morgan fingerprint density at radius 2 is 1.45 bits per heavy atom. The number of amides is 2. The third kappa shape index (κ3) is 13.5. The predicted molar refractivity (Wildman–Crippen MR) is 163 cm³/mol. The molecule has 40 heavy (non-hydrogen) atoms. The van der Waals surface area contributed by atoms with Gasteiger partial charge < -0.3 is 30.3 Å². The van der Waals surface area contributed by atoms with Crippen LogP contribution in [0.1, 0.15) is 59.1 Å². The second-order valence-electron chi connectivity index (χ2n) is 10.2. The third-order valence-corrected chi connectivity index (χ3v) is 5.51. The van der Waals surface area contributed by atoms with Crippen molar-refractivity contribution in [3.8, 4) is 0 Å². The van der Waals surface area contributed by atoms with Gasteiger partial charge in [-0.3, -0.25) is 9.59 Å². The number of hydrogen-bond donors (Lipinski definition) is 3. The van der Waals surface area contributed by atoms with E-state index in [-0.39, 0.29) is 19.0 Å². The molecule has 2 amide bonds. The lowest BCUT2D eigenvalue weighted by molar-refractivity contribution is -0.166. The topological polar surface area (TPSA) is 109 Å². The van der Waals surface area contributed by atoms with Gasteiger partial charge in [-0.2, -0.15) is 0 Å². The Morgan fingerprint density at radius 3 is 2.02 bits per heavy atom. The Kier molecular flexibility index (Phi) is 16.1. The number of nitrogens with one attached hydrogen (secondary N) is 3. The predicted octanol–water partition coefficient (Wildman–Crippen LogP) is 5.98. The maximum absolute atomic E-state index is 12.9. The summed E-state index contributed by atoms with van der Waals surface area (Å²) in [5.74, 6) is -0.110. The summed E-state index contributed by atoms with van der Waals surface area (Å²) in [5.41, 5.74) is 4.28. The van der Waals surface area contributed by atoms with Crippen molar-refractivity contribution in [3.05, 3.63) is 53.6 Å². The number of carbonyl (C=O) groups is 3. The minimum Gasteiger partial charge on any atom is -0.428 e. The van der Waals surface area contributed by atoms with Crippen LogP contribution in [0.3, 0.4) is 0 Å². The Morgan fingerprint density at radius 1 is 0.850 bits per heavy atom. The molecule has 0 unspecified atom stereocenters. The molecule has 2 rings (SSSR count). The van der Waals surface area contributed by atoms with Gasteiger partial charge in [0, 0.05) is 25.2 Å². The lowest BCUT2D eigenvalue weighted by Gasteiger charge is -2.30. The van der Waals surface area contributed by atoms with Crippen LogP contribution in [0.4, 0.5) is 21.9 Å². The summed E-state index contributed by atoms with van der Waals surface area (Å²) in [6, 6.07) is 13.1. The highest BCUT2D eigenvalue weighted by molar-refractivity contribution is 6.02. The zero-order valence-electron chi connectivity index (χ0n) is 25.4. The van der Waals surface area contributed by atoms with E-state index in [9.17, 15) is 14.4 Å². The molecule has 3 N–H and O–H groups in total. The summed E-state index contributed by atoms with van der Waals surface area (Å²) in [7, 11) is 1.62. The van der Waals surface area contributed by atoms with E-state index in [0.29, 0.717) is 29.6 Å². The van der Waals surface area contributed by atoms with Crippen LogP contribution in [0.25, 0.3) is 0 Å². The lowest BCUT2D eigenvalue weighted by atomic mass is 10.1. The quantitative estimate of drug-likeness (QED) is 0.194. The fraction of sp³-hybridized carbons (Fsp3) is 0.516. The minimum atomic E-state index is -0.497. The Balaban J connectivity index is 0.00000391. The average molecular weight is 557 g/mol. The number of nitrogens with zero attached hydrogens (tertiary/aromatic N) is 1. The number of benzene rings is 2. The van der Waals surface area contributed by atoms with Gasteiger partial charge in [-0.25, -0.2) is 4.79 Å². The number of anilines is 3. The van der Waals surface area contributed by atoms with Gasteiger partial charge >= 0.3 is 18.0 Å². The van der Waals surface area contributed by atoms with E-state index in [0.717, 1.165) is 29.9 Å². The summed E-state index contributed by atoms with van der Waals surface area (Å²) >= 11 is 0. The second-order valence-corrected chi connectivity index (χ2v) is 10.2. The van der Waals surface area contributed by atoms with Crippen molar-refractivity contribution in [2.24, 2.45) is 11.8 Å². The zero-order chi connectivity index (χ0) is 30.1. The van der Waals surface area contributed by atoms with Crippen molar-refractivity contribution in [2.75, 3.05) is 49.0 Å². The summed E-state index contributed by atoms with van der Waals surface area (Å²) in [4.78, 5) is 38.7. The molecule has 0 heterocycles. The molecule has 0 bridgehead atoms. The number of esters is 2. The first-order chi connectivity index (χ1) is 19.1. The fourth-order valence-corrected chi connectivity index (χ4v) is 3.86. The van der Waals surface area contributed by atoms with E-state index in [4.69, 9.17) is 9.47 Å². The number of hydrogen-bond acceptors (Lipinski definition) is 7. The number of aryl methyl sites for hydroxylation is 2. The molecule has 0 aromatic heterocycles. The van der Waals surface area contributed by atoms with E-state index < -0.39 is 18.7 Å². The van der Waals surface area contributed by atoms with Gasteiger partial charge in [0.05, 0.1) is 17.9 Å². The largest absolute Gasteiger partial charge is 0.428 e. The molecule has 0 aliphatic rings. The van der Waals surface area contributed by atoms with Crippen molar-refractivity contribution < 1.29 is 23.9 Å². The van der Waals surface area contributed by atoms with Gasteiger partial charge in [0.15, 0.2) is 0 Å². The van der Waals surface area contributed by atoms with Crippen molar-refractivity contribution in [1.82, 2.24) is 5.32 Å². The molecule has 9 nitrogen and oxygen atoms in total. The number of rotatable bonds is 14. The van der Waals surface area contributed by atoms with E-state index in [1.165, 1.54) is 0 Å². The molecule has 0 atom stereocenters. The van der Waals surface area contributed by atoms with E-state index in [1.807, 2.05) is 63.2 Å². The zero-order valence-corrected chi connectivity index (χ0v) is 25.4. The van der Waals surface area contributed by atoms with Gasteiger partial charge in [-0.05, 0) is 62.1 Å². The van der Waals surface area contributed by atoms with E-state index in [2.05, 4.69) is 48.5 Å². The summed E-state index contributed by atoms with van der Waals surface area (Å²) in [5, 5.41) is 8.57. The lowest BCUT2D eigenvalue weighted by Crippen LogP contribution is -2.32. The van der Waals surface area contributed by atoms with E-state index in [1.54, 1.807) is 7.05 Å². The SMILES string of the molecule is CC.CNCC(=O)OCOC(=O)CCc1ccc(N(CC(C)C)CC(C)C)c(NC(=O)Nc2ccc(C)cc2)c1. The van der Waals surface area contributed by atoms with E-state index >= 15 is 0 Å². The van der Waals surface area contributed by atoms with Crippen LogP contribution in [-0.4, -0.2) is 51.4 Å². The molecule has 2 aromatic carbocycles. The third-order valence-electron chi connectivity index (χ3n) is 5.51. The summed E-state index contributed by atoms with van der Waals surface area (Å²) < 4.78 is 9.83. The van der Waals surface area contributed by atoms with Crippen LogP contribution in [0, 0.1) is 18.8 Å². The number of urea groups is 1. The van der Waals surface area contributed by atoms with Gasteiger partial charge in [0.25, 0.3) is 0 Å². The minimum absolute atomic E-state index is 0.0435. The first-order valence-corrected chi connectivity index (χ1v) is 14.1. The fourth-order valence-electron chi connectivity index (χ4n) is 3.86. The molecule has 2 aromatic rings. The van der Waals surface area contributed by atoms with Crippen LogP contribution in [-0.2, 0) is 25.5 Å². The monoisotopic (exact) mass is 556 g/mol. The maximum atomic E-state index is 12.9. The number of ether oxygens (including phenoxy) is 2. The molecule has 0 saturated heterocycles. The normalized spacial score (nSPS) is 10.4. The van der Waals surface area contributed by atoms with Crippen LogP contribution >= 0.6 is 0 Å². The Bertz CT molecular complexity index is 1040. The first kappa shape index (κ1) is 34.4. The van der Waals surface area contributed by atoms with Crippen LogP contribution in [0.2, 0.25) is 0 Å². The Hall–Kier alpha value is -3.59. The molecule has 0 aliphatic carbocycles. The maximum Gasteiger partial charge on any atom is 0.323 e. The second kappa shape index (κ2) is 18.7. The Labute approximate surface area is 240 Å². The van der Waals surface area contributed by atoms with Crippen LogP contribution < -0.4 is 20.9 Å². The van der Waals surface area contributed by atoms with Gasteiger partial charge in [0.1, 0.15) is 0 Å². The van der Waals surface area contributed by atoms with Gasteiger partial charge in [0.2, 0.25) is 6.79 Å². The van der Waals surface area contributed by atoms with Crippen LogP contribution in [0.15, 0.2) is 42.5 Å². The average Bonchev–Trinajstić information content (AvgIpc) is 2.89. The standard InChI is InChI=1S/C29H42N4O5.C2H6/c1-20(2)17-33(18-21(3)4)26-13-9-23(10-14-27(34)37-19-38-28(35)16-30-6)15-25(26)32-29(36)31-24-11-7-22(5)8-12-24;1-2/h7-9,11-13,15,20-21,30H,10,14,16-19H2,1-6H3,(H2,31,32,36);1-2H3. The van der Waals surface area contributed by atoms with Crippen molar-refractivity contribution in [1.29, 1.82) is 0 Å². The molecular weight excluding hydrogens is 508 g/mol. The van der Waals surface area contributed by atoms with Gasteiger partial charge in [-0.1, -0.05) is 65.3 Å². The highest BCUT2D eigenvalue weighted by atomic mass is 16.7. The number of carbonyl (C=O) groups excluding carboxylic acids is 3. The number of likely N-dealkylation sites (N-methyl/N-ethyl adjacent to an activating group) is 1. The van der Waals surface area contributed by atoms with Crippen molar-refractivity contribution in [2.45, 2.75) is 61.3 Å². The smallest absolute Gasteiger partial charge is 0.323 e. The molecule has 0 radical (unpaired) electrons. The van der Waals surface area contributed by atoms with Crippen LogP contribution in [0.5, 0.6) is 0 Å². The molecule has 222 valence electrons.